The Morgan fingerprint density at radius 1 is 0.793 bits per heavy atom. The van der Waals surface area contributed by atoms with Crippen LogP contribution in [0.2, 0.25) is 0 Å². The zero-order valence-corrected chi connectivity index (χ0v) is 20.3. The molecule has 29 heavy (non-hydrogen) atoms. The van der Waals surface area contributed by atoms with E-state index in [0.29, 0.717) is 6.54 Å². The van der Waals surface area contributed by atoms with Crippen molar-refractivity contribution in [3.05, 3.63) is 0 Å². The molecule has 0 fully saturated rings. The Balaban J connectivity index is 1.78. The van der Waals surface area contributed by atoms with Crippen molar-refractivity contribution in [1.29, 1.82) is 0 Å². The lowest BCUT2D eigenvalue weighted by atomic mass is 10.0. The Bertz CT molecular complexity index is 400. The summed E-state index contributed by atoms with van der Waals surface area (Å²) in [5, 5.41) is 9.78. The molecular weight excluding hydrogens is 380 g/mol. The maximum absolute atomic E-state index is 9.78. The number of aliphatic hydroxyl groups excluding tert-OH is 1. The Morgan fingerprint density at radius 2 is 1.17 bits per heavy atom. The first kappa shape index (κ1) is 26.8. The summed E-state index contributed by atoms with van der Waals surface area (Å²) in [6.07, 6.45) is 25.6. The van der Waals surface area contributed by atoms with Gasteiger partial charge in [-0.3, -0.25) is 4.99 Å². The lowest BCUT2D eigenvalue weighted by Crippen LogP contribution is -2.36. The van der Waals surface area contributed by atoms with Crippen LogP contribution in [-0.2, 0) is 0 Å². The first-order valence-electron chi connectivity index (χ1n) is 12.8. The van der Waals surface area contributed by atoms with Gasteiger partial charge in [0.1, 0.15) is 17.6 Å². The first-order chi connectivity index (χ1) is 14.1. The molecule has 172 valence electrons. The minimum atomic E-state index is -0.479. The van der Waals surface area contributed by atoms with Crippen LogP contribution in [0.25, 0.3) is 0 Å². The third-order valence-electron chi connectivity index (χ3n) is 6.17. The van der Waals surface area contributed by atoms with E-state index in [1.54, 1.807) is 6.92 Å². The molecule has 0 aliphatic carbocycles. The summed E-state index contributed by atoms with van der Waals surface area (Å²) in [4.78, 5) is 6.39. The molecule has 0 saturated carbocycles. The van der Waals surface area contributed by atoms with Gasteiger partial charge in [0.05, 0.1) is 6.54 Å². The van der Waals surface area contributed by atoms with Crippen LogP contribution in [0, 0.1) is 0 Å². The average Bonchev–Trinajstić information content (AvgIpc) is 3.08. The van der Waals surface area contributed by atoms with Gasteiger partial charge >= 0.3 is 0 Å². The molecule has 0 amide bonds. The molecule has 1 aliphatic rings. The molecule has 3 nitrogen and oxygen atoms in total. The lowest BCUT2D eigenvalue weighted by Gasteiger charge is -2.23. The summed E-state index contributed by atoms with van der Waals surface area (Å²) in [5.41, 5.74) is -0.185. The Labute approximate surface area is 186 Å². The first-order valence-corrected chi connectivity index (χ1v) is 13.2. The summed E-state index contributed by atoms with van der Waals surface area (Å²) < 4.78 is 0. The zero-order chi connectivity index (χ0) is 21.2. The van der Waals surface area contributed by atoms with Gasteiger partial charge in [-0.1, -0.05) is 128 Å². The van der Waals surface area contributed by atoms with E-state index in [2.05, 4.69) is 11.9 Å². The predicted molar refractivity (Wildman–Crippen MR) is 129 cm³/mol. The third kappa shape index (κ3) is 14.4. The second-order valence-corrected chi connectivity index (χ2v) is 9.53. The number of nitrogens with zero attached hydrogens (tertiary/aromatic N) is 2. The molecule has 1 aliphatic heterocycles. The van der Waals surface area contributed by atoms with Crippen molar-refractivity contribution in [2.75, 3.05) is 6.54 Å². The zero-order valence-electron chi connectivity index (χ0n) is 19.5. The van der Waals surface area contributed by atoms with E-state index in [4.69, 9.17) is 11.6 Å². The summed E-state index contributed by atoms with van der Waals surface area (Å²) in [5.74, 6) is 0.997. The molecule has 1 rings (SSSR count). The smallest absolute Gasteiger partial charge is 0.143 e. The van der Waals surface area contributed by atoms with Gasteiger partial charge in [0.25, 0.3) is 0 Å². The van der Waals surface area contributed by atoms with Crippen LogP contribution in [-0.4, -0.2) is 34.1 Å². The molecule has 0 radical (unpaired) electrons. The number of rotatable bonds is 20. The van der Waals surface area contributed by atoms with E-state index in [0.717, 1.165) is 18.7 Å². The summed E-state index contributed by atoms with van der Waals surface area (Å²) in [6, 6.07) is 0. The lowest BCUT2D eigenvalue weighted by molar-refractivity contribution is 0.0754. The van der Waals surface area contributed by atoms with Gasteiger partial charge in [-0.25, -0.2) is 0 Å². The van der Waals surface area contributed by atoms with E-state index >= 15 is 0 Å². The highest BCUT2D eigenvalue weighted by atomic mass is 35.5. The number of hydrogen-bond donors (Lipinski definition) is 1. The third-order valence-corrected chi connectivity index (χ3v) is 6.41. The molecule has 2 atom stereocenters. The van der Waals surface area contributed by atoms with E-state index in [1.807, 2.05) is 4.90 Å². The maximum Gasteiger partial charge on any atom is 0.143 e. The molecule has 0 aromatic rings. The van der Waals surface area contributed by atoms with Crippen molar-refractivity contribution in [2.45, 2.75) is 148 Å². The van der Waals surface area contributed by atoms with Crippen LogP contribution >= 0.6 is 11.6 Å². The molecule has 0 bridgehead atoms. The van der Waals surface area contributed by atoms with Gasteiger partial charge in [-0.05, 0) is 13.3 Å². The van der Waals surface area contributed by atoms with E-state index in [1.165, 1.54) is 109 Å². The van der Waals surface area contributed by atoms with Crippen molar-refractivity contribution < 1.29 is 5.11 Å². The Hall–Kier alpha value is -0.280. The predicted octanol–water partition coefficient (Wildman–Crippen LogP) is 8.04. The van der Waals surface area contributed by atoms with Crippen molar-refractivity contribution in [3.8, 4) is 0 Å². The Kier molecular flexibility index (Phi) is 17.1. The van der Waals surface area contributed by atoms with Gasteiger partial charge in [-0.15, -0.1) is 0 Å². The van der Waals surface area contributed by atoms with Gasteiger partial charge in [-0.2, -0.15) is 0 Å². The highest BCUT2D eigenvalue weighted by Gasteiger charge is 2.25. The van der Waals surface area contributed by atoms with Gasteiger partial charge in [0, 0.05) is 6.42 Å². The molecule has 0 aromatic heterocycles. The molecule has 4 heteroatoms. The molecular formula is C25H49ClN2O. The second-order valence-electron chi connectivity index (χ2n) is 9.02. The summed E-state index contributed by atoms with van der Waals surface area (Å²) in [7, 11) is 0. The van der Waals surface area contributed by atoms with Crippen LogP contribution in [0.5, 0.6) is 0 Å². The van der Waals surface area contributed by atoms with Crippen LogP contribution in [0.4, 0.5) is 0 Å². The van der Waals surface area contributed by atoms with Crippen molar-refractivity contribution >= 4 is 17.4 Å². The second kappa shape index (κ2) is 18.5. The fourth-order valence-electron chi connectivity index (χ4n) is 4.31. The molecule has 1 heterocycles. The molecule has 0 saturated heterocycles. The Morgan fingerprint density at radius 3 is 1.55 bits per heavy atom. The van der Waals surface area contributed by atoms with Gasteiger partial charge in [0.2, 0.25) is 0 Å². The number of aliphatic imine (C=N–C) groups is 1. The molecule has 1 N–H and O–H groups in total. The number of amidine groups is 1. The fourth-order valence-corrected chi connectivity index (χ4v) is 4.57. The van der Waals surface area contributed by atoms with Crippen molar-refractivity contribution in [3.63, 3.8) is 0 Å². The van der Waals surface area contributed by atoms with Gasteiger partial charge < -0.3 is 10.0 Å². The summed E-state index contributed by atoms with van der Waals surface area (Å²) in [6.45, 7) is 4.73. The van der Waals surface area contributed by atoms with Gasteiger partial charge in [0.15, 0.2) is 0 Å². The fraction of sp³-hybridized carbons (Fsp3) is 0.960. The largest absolute Gasteiger partial charge is 0.374 e. The topological polar surface area (TPSA) is 35.8 Å². The van der Waals surface area contributed by atoms with Crippen LogP contribution in [0.3, 0.4) is 0 Å². The van der Waals surface area contributed by atoms with E-state index < -0.39 is 6.23 Å². The monoisotopic (exact) mass is 428 g/mol. The standard InChI is InChI=1S/C25H49ClN2O/c1-3-4-5-6-7-8-9-10-11-12-13-14-15-16-17-18-19-20-21-25-27-24(26)22-28(25)23(2)29/h23-24,29H,3-22H2,1-2H3. The number of unbranched alkanes of at least 4 members (excludes halogenated alkanes) is 17. The van der Waals surface area contributed by atoms with E-state index in [-0.39, 0.29) is 5.50 Å². The number of hydrogen-bond acceptors (Lipinski definition) is 3. The van der Waals surface area contributed by atoms with Crippen molar-refractivity contribution in [1.82, 2.24) is 4.90 Å². The maximum atomic E-state index is 9.78. The highest BCUT2D eigenvalue weighted by Crippen LogP contribution is 2.19. The molecule has 2 unspecified atom stereocenters. The summed E-state index contributed by atoms with van der Waals surface area (Å²) >= 11 is 6.09. The molecule has 0 spiro atoms. The minimum absolute atomic E-state index is 0.185. The SMILES string of the molecule is CCCCCCCCCCCCCCCCCCCCC1=NC(Cl)CN1C(C)O. The minimum Gasteiger partial charge on any atom is -0.374 e. The number of halogens is 1. The van der Waals surface area contributed by atoms with Crippen LogP contribution < -0.4 is 0 Å². The van der Waals surface area contributed by atoms with E-state index in [9.17, 15) is 5.11 Å². The van der Waals surface area contributed by atoms with Crippen LogP contribution in [0.1, 0.15) is 136 Å². The quantitative estimate of drug-likeness (QED) is 0.121. The average molecular weight is 429 g/mol. The number of alkyl halides is 1. The highest BCUT2D eigenvalue weighted by molar-refractivity contribution is 6.22. The van der Waals surface area contributed by atoms with Crippen LogP contribution in [0.15, 0.2) is 4.99 Å². The molecule has 0 aromatic carbocycles. The normalized spacial score (nSPS) is 17.7. The van der Waals surface area contributed by atoms with Crippen molar-refractivity contribution in [2.24, 2.45) is 4.99 Å². The number of aliphatic hydroxyl groups is 1.